The number of rotatable bonds is 6. The van der Waals surface area contributed by atoms with Crippen molar-refractivity contribution in [3.05, 3.63) is 224 Å². The van der Waals surface area contributed by atoms with E-state index in [-0.39, 0.29) is 0 Å². The summed E-state index contributed by atoms with van der Waals surface area (Å²) in [5.74, 6) is 0. The molecule has 294 valence electrons. The van der Waals surface area contributed by atoms with Crippen molar-refractivity contribution >= 4 is 65.4 Å². The van der Waals surface area contributed by atoms with Crippen LogP contribution in [0.1, 0.15) is 0 Å². The normalized spacial score (nSPS) is 11.8. The Hall–Kier alpha value is -8.54. The lowest BCUT2D eigenvalue weighted by Crippen LogP contribution is -2.01. The molecule has 0 aliphatic carbocycles. The van der Waals surface area contributed by atoms with Crippen LogP contribution in [0.3, 0.4) is 0 Å². The van der Waals surface area contributed by atoms with Gasteiger partial charge in [-0.3, -0.25) is 0 Å². The van der Waals surface area contributed by atoms with Crippen LogP contribution in [-0.4, -0.2) is 23.9 Å². The molecule has 13 rings (SSSR count). The van der Waals surface area contributed by atoms with Crippen molar-refractivity contribution in [3.63, 3.8) is 0 Å². The van der Waals surface area contributed by atoms with Crippen LogP contribution < -0.4 is 0 Å². The molecule has 9 aromatic carbocycles. The molecule has 0 N–H and O–H groups in total. The van der Waals surface area contributed by atoms with E-state index >= 15 is 0 Å². The summed E-state index contributed by atoms with van der Waals surface area (Å²) in [7, 11) is 0. The lowest BCUT2D eigenvalue weighted by Gasteiger charge is -2.15. The number of fused-ring (bicyclic) bond motifs is 9. The second kappa shape index (κ2) is 14.0. The van der Waals surface area contributed by atoms with Crippen molar-refractivity contribution in [3.8, 4) is 50.7 Å². The van der Waals surface area contributed by atoms with Gasteiger partial charge >= 0.3 is 0 Å². The Labute approximate surface area is 363 Å². The minimum Gasteiger partial charge on any atom is -0.309 e. The second-order valence-corrected chi connectivity index (χ2v) is 16.3. The van der Waals surface area contributed by atoms with Gasteiger partial charge < -0.3 is 13.7 Å². The predicted octanol–water partition coefficient (Wildman–Crippen LogP) is 14.8. The highest BCUT2D eigenvalue weighted by Crippen LogP contribution is 2.38. The fourth-order valence-electron chi connectivity index (χ4n) is 9.88. The van der Waals surface area contributed by atoms with Crippen molar-refractivity contribution < 1.29 is 0 Å². The van der Waals surface area contributed by atoms with E-state index in [1.807, 2.05) is 0 Å². The third-order valence-corrected chi connectivity index (χ3v) is 12.8. The summed E-state index contributed by atoms with van der Waals surface area (Å²) >= 11 is 0. The Balaban J connectivity index is 0.875. The molecular formula is C58H37N5. The second-order valence-electron chi connectivity index (χ2n) is 16.3. The molecule has 0 fully saturated rings. The first kappa shape index (κ1) is 35.2. The molecule has 0 saturated heterocycles. The summed E-state index contributed by atoms with van der Waals surface area (Å²) in [4.78, 5) is 0. The van der Waals surface area contributed by atoms with Crippen LogP contribution in [0.5, 0.6) is 0 Å². The van der Waals surface area contributed by atoms with Gasteiger partial charge in [0.25, 0.3) is 0 Å². The molecule has 0 spiro atoms. The zero-order chi connectivity index (χ0) is 41.4. The van der Waals surface area contributed by atoms with Gasteiger partial charge in [-0.15, -0.1) is 10.2 Å². The number of aromatic nitrogens is 5. The SMILES string of the molecule is c1ccc2c(c1)c1ccccc1n2-c1ccc(-c2ccc(-c3ccc(-c4cc(-n5c6ccccc6c6ccccc65)cc(-n5c6ccccc6c6ccccc65)c4)nn3)cc2)cc1. The van der Waals surface area contributed by atoms with E-state index < -0.39 is 0 Å². The Bertz CT molecular complexity index is 3590. The molecule has 4 heterocycles. The highest BCUT2D eigenvalue weighted by Gasteiger charge is 2.18. The number of hydrogen-bond acceptors (Lipinski definition) is 2. The molecule has 0 aliphatic heterocycles. The van der Waals surface area contributed by atoms with E-state index in [9.17, 15) is 0 Å². The van der Waals surface area contributed by atoms with Gasteiger partial charge in [-0.25, -0.2) is 0 Å². The van der Waals surface area contributed by atoms with Crippen LogP contribution in [0.15, 0.2) is 224 Å². The summed E-state index contributed by atoms with van der Waals surface area (Å²) in [6.07, 6.45) is 0. The van der Waals surface area contributed by atoms with Crippen molar-refractivity contribution in [2.45, 2.75) is 0 Å². The first-order valence-electron chi connectivity index (χ1n) is 21.4. The maximum atomic E-state index is 4.91. The summed E-state index contributed by atoms with van der Waals surface area (Å²) in [5, 5.41) is 17.2. The maximum Gasteiger partial charge on any atom is 0.0931 e. The topological polar surface area (TPSA) is 40.6 Å². The molecule has 5 nitrogen and oxygen atoms in total. The van der Waals surface area contributed by atoms with Gasteiger partial charge in [0, 0.05) is 60.5 Å². The highest BCUT2D eigenvalue weighted by molar-refractivity contribution is 6.11. The molecule has 0 unspecified atom stereocenters. The van der Waals surface area contributed by atoms with Crippen molar-refractivity contribution in [2.75, 3.05) is 0 Å². The summed E-state index contributed by atoms with van der Waals surface area (Å²) in [6, 6.07) is 80.4. The fourth-order valence-corrected chi connectivity index (χ4v) is 9.88. The van der Waals surface area contributed by atoms with Crippen LogP contribution in [0.25, 0.3) is 116 Å². The standard InChI is InChI=1S/C58H37N5/c1-7-19-53-45(13-1)46-14-2-8-20-54(46)61(53)42-31-29-39(30-32-42)38-25-27-40(28-26-38)51-33-34-52(60-59-51)41-35-43(62-55-21-9-3-15-47(55)48-16-4-10-22-56(48)62)37-44(36-41)63-57-23-11-5-17-49(57)50-18-6-12-24-58(50)63/h1-37H. The number of nitrogens with zero attached hydrogens (tertiary/aromatic N) is 5. The van der Waals surface area contributed by atoms with Crippen LogP contribution >= 0.6 is 0 Å². The molecular weight excluding hydrogens is 767 g/mol. The van der Waals surface area contributed by atoms with E-state index in [1.165, 1.54) is 43.4 Å². The van der Waals surface area contributed by atoms with Gasteiger partial charge in [0.05, 0.1) is 44.5 Å². The Morgan fingerprint density at radius 1 is 0.222 bits per heavy atom. The number of benzene rings is 9. The maximum absolute atomic E-state index is 4.91. The zero-order valence-corrected chi connectivity index (χ0v) is 34.1. The zero-order valence-electron chi connectivity index (χ0n) is 34.1. The molecule has 0 radical (unpaired) electrons. The van der Waals surface area contributed by atoms with E-state index in [0.717, 1.165) is 72.8 Å². The first-order chi connectivity index (χ1) is 31.2. The van der Waals surface area contributed by atoms with Crippen molar-refractivity contribution in [1.82, 2.24) is 23.9 Å². The van der Waals surface area contributed by atoms with Crippen LogP contribution in [0.4, 0.5) is 0 Å². The molecule has 0 bridgehead atoms. The molecule has 13 aromatic rings. The Morgan fingerprint density at radius 2 is 0.508 bits per heavy atom. The van der Waals surface area contributed by atoms with Gasteiger partial charge in [-0.05, 0) is 90.0 Å². The molecule has 0 amide bonds. The third-order valence-electron chi connectivity index (χ3n) is 12.8. The average molecular weight is 804 g/mol. The van der Waals surface area contributed by atoms with Crippen LogP contribution in [0.2, 0.25) is 0 Å². The minimum absolute atomic E-state index is 0.809. The number of hydrogen-bond donors (Lipinski definition) is 0. The van der Waals surface area contributed by atoms with Gasteiger partial charge in [-0.2, -0.15) is 0 Å². The van der Waals surface area contributed by atoms with E-state index in [1.54, 1.807) is 0 Å². The Kier molecular flexibility index (Phi) is 7.84. The summed E-state index contributed by atoms with van der Waals surface area (Å²) in [6.45, 7) is 0. The Morgan fingerprint density at radius 3 is 0.857 bits per heavy atom. The molecule has 63 heavy (non-hydrogen) atoms. The van der Waals surface area contributed by atoms with Crippen molar-refractivity contribution in [2.24, 2.45) is 0 Å². The van der Waals surface area contributed by atoms with Gasteiger partial charge in [0.1, 0.15) is 0 Å². The third kappa shape index (κ3) is 5.57. The number of para-hydroxylation sites is 6. The molecule has 5 heteroatoms. The van der Waals surface area contributed by atoms with Gasteiger partial charge in [-0.1, -0.05) is 146 Å². The lowest BCUT2D eigenvalue weighted by atomic mass is 10.0. The summed E-state index contributed by atoms with van der Waals surface area (Å²) < 4.78 is 7.12. The first-order valence-corrected chi connectivity index (χ1v) is 21.4. The van der Waals surface area contributed by atoms with E-state index in [4.69, 9.17) is 10.2 Å². The van der Waals surface area contributed by atoms with Gasteiger partial charge in [0.15, 0.2) is 0 Å². The van der Waals surface area contributed by atoms with E-state index in [0.29, 0.717) is 0 Å². The molecule has 0 aliphatic rings. The van der Waals surface area contributed by atoms with E-state index in [2.05, 4.69) is 238 Å². The van der Waals surface area contributed by atoms with Crippen molar-refractivity contribution in [1.29, 1.82) is 0 Å². The monoisotopic (exact) mass is 803 g/mol. The largest absolute Gasteiger partial charge is 0.309 e. The van der Waals surface area contributed by atoms with Crippen LogP contribution in [0, 0.1) is 0 Å². The quantitative estimate of drug-likeness (QED) is 0.168. The molecule has 0 saturated carbocycles. The minimum atomic E-state index is 0.809. The lowest BCUT2D eigenvalue weighted by molar-refractivity contribution is 1.04. The predicted molar refractivity (Wildman–Crippen MR) is 261 cm³/mol. The van der Waals surface area contributed by atoms with Gasteiger partial charge in [0.2, 0.25) is 0 Å². The average Bonchev–Trinajstić information content (AvgIpc) is 4.00. The van der Waals surface area contributed by atoms with Crippen LogP contribution in [-0.2, 0) is 0 Å². The molecule has 0 atom stereocenters. The molecule has 4 aromatic heterocycles. The highest BCUT2D eigenvalue weighted by atomic mass is 15.1. The fraction of sp³-hybridized carbons (Fsp3) is 0. The smallest absolute Gasteiger partial charge is 0.0931 e. The summed E-state index contributed by atoms with van der Waals surface area (Å²) in [5.41, 5.74) is 16.3.